The molecule has 1 aliphatic rings. The van der Waals surface area contributed by atoms with Crippen LogP contribution in [-0.2, 0) is 6.54 Å². The Kier molecular flexibility index (Phi) is 6.20. The van der Waals surface area contributed by atoms with Crippen LogP contribution >= 0.6 is 12.4 Å². The highest BCUT2D eigenvalue weighted by molar-refractivity contribution is 5.85. The van der Waals surface area contributed by atoms with Crippen LogP contribution in [0.2, 0.25) is 0 Å². The van der Waals surface area contributed by atoms with Crippen molar-refractivity contribution in [1.29, 1.82) is 0 Å². The van der Waals surface area contributed by atoms with E-state index in [2.05, 4.69) is 47.8 Å². The molecule has 0 fully saturated rings. The van der Waals surface area contributed by atoms with Gasteiger partial charge in [-0.05, 0) is 31.2 Å². The average Bonchev–Trinajstić information content (AvgIpc) is 2.56. The molecule has 0 atom stereocenters. The molecule has 0 heterocycles. The van der Waals surface area contributed by atoms with Crippen LogP contribution < -0.4 is 5.32 Å². The molecule has 0 unspecified atom stereocenters. The van der Waals surface area contributed by atoms with Crippen LogP contribution in [0.1, 0.15) is 31.2 Å². The molecule has 1 N–H and O–H groups in total. The summed E-state index contributed by atoms with van der Waals surface area (Å²) in [6.45, 7) is 1.01. The lowest BCUT2D eigenvalue weighted by atomic mass is 10.1. The van der Waals surface area contributed by atoms with Gasteiger partial charge >= 0.3 is 0 Å². The quantitative estimate of drug-likeness (QED) is 0.791. The molecular weight excluding hydrogens is 218 g/mol. The normalized spacial score (nSPS) is 16.5. The number of benzene rings is 1. The van der Waals surface area contributed by atoms with Crippen LogP contribution in [-0.4, -0.2) is 6.04 Å². The second-order valence-electron chi connectivity index (χ2n) is 4.19. The molecule has 0 aromatic heterocycles. The van der Waals surface area contributed by atoms with Crippen molar-refractivity contribution in [1.82, 2.24) is 5.32 Å². The first-order valence-corrected chi connectivity index (χ1v) is 5.87. The molecule has 1 nitrogen and oxygen atoms in total. The minimum absolute atomic E-state index is 0. The predicted octanol–water partition coefficient (Wildman–Crippen LogP) is 3.70. The van der Waals surface area contributed by atoms with Gasteiger partial charge in [0, 0.05) is 12.6 Å². The molecule has 0 amide bonds. The van der Waals surface area contributed by atoms with Crippen molar-refractivity contribution in [2.45, 2.75) is 38.3 Å². The highest BCUT2D eigenvalue weighted by Gasteiger charge is 2.08. The van der Waals surface area contributed by atoms with Gasteiger partial charge in [0.15, 0.2) is 0 Å². The Labute approximate surface area is 104 Å². The SMILES string of the molecule is C1=CCCC(NCc2ccccc2)CC1.Cl. The molecule has 1 aromatic rings. The van der Waals surface area contributed by atoms with Crippen molar-refractivity contribution in [2.24, 2.45) is 0 Å². The number of allylic oxidation sites excluding steroid dienone is 2. The predicted molar refractivity (Wildman–Crippen MR) is 71.9 cm³/mol. The molecule has 0 radical (unpaired) electrons. The van der Waals surface area contributed by atoms with Gasteiger partial charge in [0.1, 0.15) is 0 Å². The summed E-state index contributed by atoms with van der Waals surface area (Å²) < 4.78 is 0. The zero-order valence-electron chi connectivity index (χ0n) is 9.56. The molecule has 0 saturated heterocycles. The van der Waals surface area contributed by atoms with Gasteiger partial charge in [0.05, 0.1) is 0 Å². The topological polar surface area (TPSA) is 12.0 Å². The number of hydrogen-bond acceptors (Lipinski definition) is 1. The summed E-state index contributed by atoms with van der Waals surface area (Å²) in [6, 6.07) is 11.3. The number of rotatable bonds is 3. The van der Waals surface area contributed by atoms with Crippen LogP contribution in [0.3, 0.4) is 0 Å². The highest BCUT2D eigenvalue weighted by Crippen LogP contribution is 2.12. The van der Waals surface area contributed by atoms with Gasteiger partial charge in [-0.25, -0.2) is 0 Å². The third-order valence-electron chi connectivity index (χ3n) is 2.97. The second kappa shape index (κ2) is 7.48. The van der Waals surface area contributed by atoms with Crippen molar-refractivity contribution in [3.8, 4) is 0 Å². The molecule has 2 heteroatoms. The number of halogens is 1. The second-order valence-corrected chi connectivity index (χ2v) is 4.19. The van der Waals surface area contributed by atoms with Gasteiger partial charge in [0.2, 0.25) is 0 Å². The summed E-state index contributed by atoms with van der Waals surface area (Å²) in [4.78, 5) is 0. The summed E-state index contributed by atoms with van der Waals surface area (Å²) >= 11 is 0. The van der Waals surface area contributed by atoms with E-state index in [1.54, 1.807) is 0 Å². The molecule has 0 saturated carbocycles. The van der Waals surface area contributed by atoms with Gasteiger partial charge in [-0.15, -0.1) is 12.4 Å². The molecule has 16 heavy (non-hydrogen) atoms. The fraction of sp³-hybridized carbons (Fsp3) is 0.429. The Hall–Kier alpha value is -0.790. The number of hydrogen-bond donors (Lipinski definition) is 1. The first-order valence-electron chi connectivity index (χ1n) is 5.87. The Morgan fingerprint density at radius 3 is 2.25 bits per heavy atom. The van der Waals surface area contributed by atoms with E-state index >= 15 is 0 Å². The zero-order valence-corrected chi connectivity index (χ0v) is 10.4. The molecule has 2 rings (SSSR count). The first-order chi connectivity index (χ1) is 7.45. The maximum absolute atomic E-state index is 3.64. The maximum Gasteiger partial charge on any atom is 0.0208 e. The van der Waals surface area contributed by atoms with Crippen LogP contribution in [0.25, 0.3) is 0 Å². The Morgan fingerprint density at radius 1 is 1.00 bits per heavy atom. The van der Waals surface area contributed by atoms with Crippen molar-refractivity contribution < 1.29 is 0 Å². The monoisotopic (exact) mass is 237 g/mol. The lowest BCUT2D eigenvalue weighted by molar-refractivity contribution is 0.464. The van der Waals surface area contributed by atoms with Crippen molar-refractivity contribution in [3.63, 3.8) is 0 Å². The Bertz CT molecular complexity index is 298. The Morgan fingerprint density at radius 2 is 1.62 bits per heavy atom. The van der Waals surface area contributed by atoms with Gasteiger partial charge in [0.25, 0.3) is 0 Å². The standard InChI is InChI=1S/C14H19N.ClH/c1-2-7-11-14(10-6-1)15-12-13-8-4-3-5-9-13;/h1-5,8-9,14-15H,6-7,10-12H2;1H. The minimum atomic E-state index is 0. The Balaban J connectivity index is 0.00000128. The van der Waals surface area contributed by atoms with Crippen LogP contribution in [0.15, 0.2) is 42.5 Å². The largest absolute Gasteiger partial charge is 0.310 e. The summed E-state index contributed by atoms with van der Waals surface area (Å²) in [5.41, 5.74) is 1.38. The number of nitrogens with one attached hydrogen (secondary N) is 1. The molecule has 1 aromatic carbocycles. The summed E-state index contributed by atoms with van der Waals surface area (Å²) in [6.07, 6.45) is 9.64. The van der Waals surface area contributed by atoms with E-state index < -0.39 is 0 Å². The van der Waals surface area contributed by atoms with E-state index in [9.17, 15) is 0 Å². The third kappa shape index (κ3) is 4.38. The molecule has 1 aliphatic carbocycles. The fourth-order valence-corrected chi connectivity index (χ4v) is 2.04. The smallest absolute Gasteiger partial charge is 0.0208 e. The average molecular weight is 238 g/mol. The van der Waals surface area contributed by atoms with Crippen molar-refractivity contribution >= 4 is 12.4 Å². The molecule has 0 aliphatic heterocycles. The van der Waals surface area contributed by atoms with Crippen LogP contribution in [0.4, 0.5) is 0 Å². The zero-order chi connectivity index (χ0) is 10.3. The summed E-state index contributed by atoms with van der Waals surface area (Å²) in [5, 5.41) is 3.64. The lowest BCUT2D eigenvalue weighted by Gasteiger charge is -2.16. The van der Waals surface area contributed by atoms with E-state index in [-0.39, 0.29) is 12.4 Å². The van der Waals surface area contributed by atoms with Gasteiger partial charge in [-0.3, -0.25) is 0 Å². The van der Waals surface area contributed by atoms with Crippen LogP contribution in [0, 0.1) is 0 Å². The van der Waals surface area contributed by atoms with Gasteiger partial charge < -0.3 is 5.32 Å². The van der Waals surface area contributed by atoms with E-state index in [4.69, 9.17) is 0 Å². The van der Waals surface area contributed by atoms with Crippen molar-refractivity contribution in [2.75, 3.05) is 0 Å². The minimum Gasteiger partial charge on any atom is -0.310 e. The van der Waals surface area contributed by atoms with E-state index in [1.165, 1.54) is 31.2 Å². The molecular formula is C14H20ClN. The van der Waals surface area contributed by atoms with Gasteiger partial charge in [-0.1, -0.05) is 42.5 Å². The van der Waals surface area contributed by atoms with Crippen molar-refractivity contribution in [3.05, 3.63) is 48.0 Å². The highest BCUT2D eigenvalue weighted by atomic mass is 35.5. The molecule has 0 bridgehead atoms. The van der Waals surface area contributed by atoms with Gasteiger partial charge in [-0.2, -0.15) is 0 Å². The van der Waals surface area contributed by atoms with Crippen LogP contribution in [0.5, 0.6) is 0 Å². The lowest BCUT2D eigenvalue weighted by Crippen LogP contribution is -2.27. The summed E-state index contributed by atoms with van der Waals surface area (Å²) in [7, 11) is 0. The third-order valence-corrected chi connectivity index (χ3v) is 2.97. The summed E-state index contributed by atoms with van der Waals surface area (Å²) in [5.74, 6) is 0. The maximum atomic E-state index is 3.64. The first kappa shape index (κ1) is 13.3. The molecule has 0 spiro atoms. The van der Waals surface area contributed by atoms with E-state index in [0.29, 0.717) is 6.04 Å². The fourth-order valence-electron chi connectivity index (χ4n) is 2.04. The van der Waals surface area contributed by atoms with E-state index in [1.807, 2.05) is 0 Å². The molecule has 88 valence electrons. The van der Waals surface area contributed by atoms with E-state index in [0.717, 1.165) is 6.54 Å².